The van der Waals surface area contributed by atoms with Gasteiger partial charge in [-0.3, -0.25) is 9.59 Å². The summed E-state index contributed by atoms with van der Waals surface area (Å²) in [5.74, 6) is -0.0675. The van der Waals surface area contributed by atoms with E-state index in [0.717, 1.165) is 51.7 Å². The molecule has 0 spiro atoms. The molecule has 2 fully saturated rings. The second kappa shape index (κ2) is 7.25. The fourth-order valence-corrected chi connectivity index (χ4v) is 4.04. The van der Waals surface area contributed by atoms with Gasteiger partial charge in [0.1, 0.15) is 0 Å². The number of amides is 1. The minimum atomic E-state index is -0.767. The average molecular weight is 296 g/mol. The number of aliphatic carboxylic acids is 1. The first-order valence-corrected chi connectivity index (χ1v) is 8.19. The van der Waals surface area contributed by atoms with Crippen LogP contribution in [-0.4, -0.2) is 48.6 Å². The molecular formula is C16H28N2O3. The highest BCUT2D eigenvalue weighted by molar-refractivity contribution is 5.78. The van der Waals surface area contributed by atoms with Crippen molar-refractivity contribution in [1.82, 2.24) is 10.2 Å². The number of hydrogen-bond acceptors (Lipinski definition) is 3. The molecule has 1 saturated heterocycles. The number of nitrogens with zero attached hydrogens (tertiary/aromatic N) is 1. The van der Waals surface area contributed by atoms with E-state index < -0.39 is 5.97 Å². The van der Waals surface area contributed by atoms with Gasteiger partial charge in [-0.25, -0.2) is 0 Å². The molecule has 1 unspecified atom stereocenters. The minimum Gasteiger partial charge on any atom is -0.481 e. The molecule has 0 bridgehead atoms. The first-order chi connectivity index (χ1) is 10.0. The molecule has 1 atom stereocenters. The molecule has 0 aromatic heterocycles. The summed E-state index contributed by atoms with van der Waals surface area (Å²) in [4.78, 5) is 25.7. The molecule has 21 heavy (non-hydrogen) atoms. The molecule has 0 radical (unpaired) electrons. The molecule has 2 N–H and O–H groups in total. The Balaban J connectivity index is 1.93. The van der Waals surface area contributed by atoms with Crippen molar-refractivity contribution in [2.24, 2.45) is 11.3 Å². The van der Waals surface area contributed by atoms with Crippen LogP contribution < -0.4 is 5.32 Å². The molecule has 120 valence electrons. The highest BCUT2D eigenvalue weighted by Gasteiger charge is 2.39. The monoisotopic (exact) mass is 296 g/mol. The highest BCUT2D eigenvalue weighted by atomic mass is 16.4. The van der Waals surface area contributed by atoms with Crippen molar-refractivity contribution in [3.63, 3.8) is 0 Å². The van der Waals surface area contributed by atoms with Gasteiger partial charge in [0.25, 0.3) is 0 Å². The number of hydrogen-bond donors (Lipinski definition) is 2. The Kier molecular flexibility index (Phi) is 5.62. The van der Waals surface area contributed by atoms with E-state index >= 15 is 0 Å². The molecule has 1 saturated carbocycles. The SMILES string of the molecule is CNCC1CCCN(C(=O)CC2(CC(=O)O)CCCC2)C1. The van der Waals surface area contributed by atoms with Crippen molar-refractivity contribution in [2.75, 3.05) is 26.7 Å². The Morgan fingerprint density at radius 1 is 1.24 bits per heavy atom. The van der Waals surface area contributed by atoms with Gasteiger partial charge in [-0.1, -0.05) is 12.8 Å². The van der Waals surface area contributed by atoms with E-state index in [9.17, 15) is 9.59 Å². The predicted molar refractivity (Wildman–Crippen MR) is 81.0 cm³/mol. The third kappa shape index (κ3) is 4.43. The maximum Gasteiger partial charge on any atom is 0.303 e. The maximum atomic E-state index is 12.6. The smallest absolute Gasteiger partial charge is 0.303 e. The molecule has 5 heteroatoms. The number of carbonyl (C=O) groups is 2. The van der Waals surface area contributed by atoms with Crippen LogP contribution in [-0.2, 0) is 9.59 Å². The molecule has 1 aliphatic carbocycles. The third-order valence-electron chi connectivity index (χ3n) is 5.08. The molecule has 1 heterocycles. The first kappa shape index (κ1) is 16.3. The predicted octanol–water partition coefficient (Wildman–Crippen LogP) is 1.87. The van der Waals surface area contributed by atoms with Gasteiger partial charge in [-0.2, -0.15) is 0 Å². The van der Waals surface area contributed by atoms with Crippen LogP contribution in [0.25, 0.3) is 0 Å². The van der Waals surface area contributed by atoms with Crippen LogP contribution in [0.3, 0.4) is 0 Å². The zero-order valence-corrected chi connectivity index (χ0v) is 13.1. The van der Waals surface area contributed by atoms with Crippen LogP contribution in [0.15, 0.2) is 0 Å². The van der Waals surface area contributed by atoms with E-state index in [-0.39, 0.29) is 17.7 Å². The second-order valence-corrected chi connectivity index (χ2v) is 6.86. The standard InChI is InChI=1S/C16H28N2O3/c1-17-11-13-5-4-8-18(12-13)14(19)9-16(10-15(20)21)6-2-3-7-16/h13,17H,2-12H2,1H3,(H,20,21). The van der Waals surface area contributed by atoms with E-state index in [2.05, 4.69) is 5.32 Å². The lowest BCUT2D eigenvalue weighted by Gasteiger charge is -2.35. The molecule has 2 aliphatic rings. The van der Waals surface area contributed by atoms with Gasteiger partial charge >= 0.3 is 5.97 Å². The van der Waals surface area contributed by atoms with E-state index in [0.29, 0.717) is 12.3 Å². The van der Waals surface area contributed by atoms with Crippen molar-refractivity contribution in [3.8, 4) is 0 Å². The first-order valence-electron chi connectivity index (χ1n) is 8.19. The molecule has 0 aromatic carbocycles. The zero-order chi connectivity index (χ0) is 15.3. The van der Waals surface area contributed by atoms with Crippen LogP contribution in [0.1, 0.15) is 51.4 Å². The van der Waals surface area contributed by atoms with Gasteiger partial charge < -0.3 is 15.3 Å². The molecular weight excluding hydrogens is 268 g/mol. The average Bonchev–Trinajstić information content (AvgIpc) is 2.86. The number of rotatable bonds is 6. The Morgan fingerprint density at radius 2 is 1.95 bits per heavy atom. The summed E-state index contributed by atoms with van der Waals surface area (Å²) in [7, 11) is 1.95. The Hall–Kier alpha value is -1.10. The summed E-state index contributed by atoms with van der Waals surface area (Å²) in [6, 6.07) is 0. The van der Waals surface area contributed by atoms with Crippen LogP contribution in [0.5, 0.6) is 0 Å². The van der Waals surface area contributed by atoms with E-state index in [1.54, 1.807) is 0 Å². The van der Waals surface area contributed by atoms with Gasteiger partial charge in [0.15, 0.2) is 0 Å². The normalized spacial score (nSPS) is 25.0. The Bertz CT molecular complexity index is 376. The number of carboxylic acids is 1. The maximum absolute atomic E-state index is 12.6. The lowest BCUT2D eigenvalue weighted by molar-refractivity contribution is -0.142. The van der Waals surface area contributed by atoms with Gasteiger partial charge in [-0.15, -0.1) is 0 Å². The zero-order valence-electron chi connectivity index (χ0n) is 13.1. The third-order valence-corrected chi connectivity index (χ3v) is 5.08. The van der Waals surface area contributed by atoms with Crippen molar-refractivity contribution in [3.05, 3.63) is 0 Å². The lowest BCUT2D eigenvalue weighted by Crippen LogP contribution is -2.44. The summed E-state index contributed by atoms with van der Waals surface area (Å²) in [5, 5.41) is 12.3. The number of likely N-dealkylation sites (tertiary alicyclic amines) is 1. The molecule has 5 nitrogen and oxygen atoms in total. The van der Waals surface area contributed by atoms with Crippen molar-refractivity contribution >= 4 is 11.9 Å². The van der Waals surface area contributed by atoms with Crippen LogP contribution in [0.2, 0.25) is 0 Å². The summed E-state index contributed by atoms with van der Waals surface area (Å²) in [6.45, 7) is 2.61. The largest absolute Gasteiger partial charge is 0.481 e. The molecule has 1 amide bonds. The van der Waals surface area contributed by atoms with Crippen molar-refractivity contribution < 1.29 is 14.7 Å². The molecule has 1 aliphatic heterocycles. The van der Waals surface area contributed by atoms with Gasteiger partial charge in [0.2, 0.25) is 5.91 Å². The van der Waals surface area contributed by atoms with Gasteiger partial charge in [0, 0.05) is 19.5 Å². The van der Waals surface area contributed by atoms with Crippen molar-refractivity contribution in [1.29, 1.82) is 0 Å². The lowest BCUT2D eigenvalue weighted by atomic mass is 9.79. The summed E-state index contributed by atoms with van der Waals surface area (Å²) < 4.78 is 0. The van der Waals surface area contributed by atoms with E-state index in [1.807, 2.05) is 11.9 Å². The molecule has 2 rings (SSSR count). The fraction of sp³-hybridized carbons (Fsp3) is 0.875. The minimum absolute atomic E-state index is 0.145. The van der Waals surface area contributed by atoms with E-state index in [4.69, 9.17) is 5.11 Å². The van der Waals surface area contributed by atoms with Crippen LogP contribution in [0.4, 0.5) is 0 Å². The quantitative estimate of drug-likeness (QED) is 0.785. The number of carboxylic acid groups (broad SMARTS) is 1. The number of carbonyl (C=O) groups excluding carboxylic acids is 1. The van der Waals surface area contributed by atoms with Crippen molar-refractivity contribution in [2.45, 2.75) is 51.4 Å². The highest BCUT2D eigenvalue weighted by Crippen LogP contribution is 2.44. The topological polar surface area (TPSA) is 69.6 Å². The molecule has 0 aromatic rings. The van der Waals surface area contributed by atoms with Crippen LogP contribution >= 0.6 is 0 Å². The summed E-state index contributed by atoms with van der Waals surface area (Å²) in [5.41, 5.74) is -0.279. The number of nitrogens with one attached hydrogen (secondary N) is 1. The van der Waals surface area contributed by atoms with Crippen LogP contribution in [0, 0.1) is 11.3 Å². The second-order valence-electron chi connectivity index (χ2n) is 6.86. The van der Waals surface area contributed by atoms with E-state index in [1.165, 1.54) is 6.42 Å². The number of piperidine rings is 1. The Labute approximate surface area is 127 Å². The van der Waals surface area contributed by atoms with Gasteiger partial charge in [-0.05, 0) is 50.6 Å². The fourth-order valence-electron chi connectivity index (χ4n) is 4.04. The summed E-state index contributed by atoms with van der Waals surface area (Å²) in [6.07, 6.45) is 6.69. The summed E-state index contributed by atoms with van der Waals surface area (Å²) >= 11 is 0. The van der Waals surface area contributed by atoms with Gasteiger partial charge in [0.05, 0.1) is 6.42 Å². The Morgan fingerprint density at radius 3 is 2.57 bits per heavy atom.